The molecular formula is C12H17N7O2. The fraction of sp³-hybridized carbons (Fsp3) is 0.667. The van der Waals surface area contributed by atoms with E-state index in [9.17, 15) is 4.79 Å². The van der Waals surface area contributed by atoms with E-state index in [1.807, 2.05) is 10.9 Å². The van der Waals surface area contributed by atoms with Gasteiger partial charge < -0.3 is 5.11 Å². The van der Waals surface area contributed by atoms with Gasteiger partial charge in [-0.1, -0.05) is 5.21 Å². The molecule has 0 unspecified atom stereocenters. The number of aryl methyl sites for hydroxylation is 1. The van der Waals surface area contributed by atoms with Crippen molar-refractivity contribution in [1.82, 2.24) is 35.2 Å². The third-order valence-electron chi connectivity index (χ3n) is 3.42. The highest BCUT2D eigenvalue weighted by Crippen LogP contribution is 2.34. The summed E-state index contributed by atoms with van der Waals surface area (Å²) in [6, 6.07) is 0.439. The highest BCUT2D eigenvalue weighted by Gasteiger charge is 2.27. The second kappa shape index (κ2) is 5.98. The largest absolute Gasteiger partial charge is 0.481 e. The fourth-order valence-electron chi connectivity index (χ4n) is 2.18. The summed E-state index contributed by atoms with van der Waals surface area (Å²) >= 11 is 0. The number of carboxylic acids is 1. The van der Waals surface area contributed by atoms with Crippen LogP contribution in [0.3, 0.4) is 0 Å². The lowest BCUT2D eigenvalue weighted by molar-refractivity contribution is -0.137. The first kappa shape index (κ1) is 13.7. The third kappa shape index (κ3) is 3.61. The van der Waals surface area contributed by atoms with Crippen LogP contribution in [0.15, 0.2) is 6.20 Å². The maximum atomic E-state index is 10.4. The molecule has 1 N–H and O–H groups in total. The molecule has 2 aromatic heterocycles. The van der Waals surface area contributed by atoms with Crippen LogP contribution in [-0.2, 0) is 17.8 Å². The van der Waals surface area contributed by atoms with Crippen molar-refractivity contribution >= 4 is 5.97 Å². The Labute approximate surface area is 121 Å². The quantitative estimate of drug-likeness (QED) is 0.702. The van der Waals surface area contributed by atoms with Crippen LogP contribution in [0.25, 0.3) is 0 Å². The molecule has 0 aromatic carbocycles. The molecule has 112 valence electrons. The van der Waals surface area contributed by atoms with Gasteiger partial charge in [0, 0.05) is 12.6 Å². The second-order valence-electron chi connectivity index (χ2n) is 5.28. The van der Waals surface area contributed by atoms with Gasteiger partial charge in [-0.15, -0.1) is 10.2 Å². The summed E-state index contributed by atoms with van der Waals surface area (Å²) in [5, 5.41) is 28.5. The maximum Gasteiger partial charge on any atom is 0.303 e. The molecular weight excluding hydrogens is 274 g/mol. The van der Waals surface area contributed by atoms with E-state index in [1.165, 1.54) is 0 Å². The molecule has 0 aliphatic heterocycles. The van der Waals surface area contributed by atoms with Crippen molar-refractivity contribution in [3.8, 4) is 0 Å². The van der Waals surface area contributed by atoms with Gasteiger partial charge in [-0.2, -0.15) is 0 Å². The van der Waals surface area contributed by atoms with Gasteiger partial charge in [0.2, 0.25) is 0 Å². The maximum absolute atomic E-state index is 10.4. The smallest absolute Gasteiger partial charge is 0.303 e. The first-order valence-electron chi connectivity index (χ1n) is 7.10. The van der Waals surface area contributed by atoms with E-state index in [0.717, 1.165) is 37.2 Å². The summed E-state index contributed by atoms with van der Waals surface area (Å²) in [7, 11) is 0. The van der Waals surface area contributed by atoms with E-state index in [2.05, 4.69) is 25.8 Å². The minimum atomic E-state index is -0.759. The number of carbonyl (C=O) groups is 1. The number of nitrogens with zero attached hydrogens (tertiary/aromatic N) is 7. The average Bonchev–Trinajstić information content (AvgIpc) is 3.03. The van der Waals surface area contributed by atoms with Crippen LogP contribution in [0.2, 0.25) is 0 Å². The van der Waals surface area contributed by atoms with Crippen molar-refractivity contribution in [3.05, 3.63) is 17.7 Å². The first-order chi connectivity index (χ1) is 10.2. The van der Waals surface area contributed by atoms with Gasteiger partial charge >= 0.3 is 5.97 Å². The van der Waals surface area contributed by atoms with E-state index in [-0.39, 0.29) is 6.42 Å². The molecule has 3 rings (SSSR count). The molecule has 1 fully saturated rings. The molecule has 9 heteroatoms. The van der Waals surface area contributed by atoms with E-state index < -0.39 is 5.97 Å². The molecule has 2 aromatic rings. The van der Waals surface area contributed by atoms with Gasteiger partial charge in [0.25, 0.3) is 0 Å². The average molecular weight is 291 g/mol. The molecule has 0 saturated heterocycles. The van der Waals surface area contributed by atoms with Crippen molar-refractivity contribution in [1.29, 1.82) is 0 Å². The molecule has 1 aliphatic carbocycles. The molecule has 21 heavy (non-hydrogen) atoms. The van der Waals surface area contributed by atoms with Gasteiger partial charge in [0.1, 0.15) is 6.54 Å². The monoisotopic (exact) mass is 291 g/mol. The van der Waals surface area contributed by atoms with Crippen molar-refractivity contribution < 1.29 is 9.90 Å². The van der Waals surface area contributed by atoms with Crippen LogP contribution in [0.1, 0.15) is 49.7 Å². The second-order valence-corrected chi connectivity index (χ2v) is 5.28. The predicted octanol–water partition coefficient (Wildman–Crippen LogP) is 0.445. The van der Waals surface area contributed by atoms with Crippen molar-refractivity contribution in [3.63, 3.8) is 0 Å². The van der Waals surface area contributed by atoms with Crippen LogP contribution >= 0.6 is 0 Å². The minimum absolute atomic E-state index is 0.199. The Morgan fingerprint density at radius 2 is 2.14 bits per heavy atom. The van der Waals surface area contributed by atoms with E-state index >= 15 is 0 Å². The first-order valence-corrected chi connectivity index (χ1v) is 7.10. The molecule has 9 nitrogen and oxygen atoms in total. The number of aromatic nitrogens is 7. The van der Waals surface area contributed by atoms with Gasteiger partial charge in [-0.25, -0.2) is 9.36 Å². The number of tetrazole rings is 1. The molecule has 0 bridgehead atoms. The highest BCUT2D eigenvalue weighted by atomic mass is 16.4. The molecule has 0 amide bonds. The molecule has 0 spiro atoms. The number of rotatable bonds is 8. The van der Waals surface area contributed by atoms with Gasteiger partial charge in [-0.05, 0) is 42.5 Å². The summed E-state index contributed by atoms with van der Waals surface area (Å²) in [4.78, 5) is 10.4. The van der Waals surface area contributed by atoms with E-state index in [4.69, 9.17) is 5.11 Å². The standard InChI is InChI=1S/C12H17N7O2/c20-12(21)4-2-1-3-9-7-18(16-13-9)8-11-14-15-17-19(11)10-5-6-10/h7,10H,1-6,8H2,(H,20,21). The Hall–Kier alpha value is -2.32. The van der Waals surface area contributed by atoms with E-state index in [0.29, 0.717) is 19.0 Å². The third-order valence-corrected chi connectivity index (χ3v) is 3.42. The van der Waals surface area contributed by atoms with Gasteiger partial charge in [-0.3, -0.25) is 4.79 Å². The van der Waals surface area contributed by atoms with Crippen molar-refractivity contribution in [2.75, 3.05) is 0 Å². The number of hydrogen-bond acceptors (Lipinski definition) is 6. The topological polar surface area (TPSA) is 112 Å². The van der Waals surface area contributed by atoms with Crippen molar-refractivity contribution in [2.24, 2.45) is 0 Å². The van der Waals surface area contributed by atoms with Gasteiger partial charge in [0.05, 0.1) is 11.7 Å². The van der Waals surface area contributed by atoms with Crippen LogP contribution in [-0.4, -0.2) is 46.3 Å². The van der Waals surface area contributed by atoms with E-state index in [1.54, 1.807) is 4.68 Å². The van der Waals surface area contributed by atoms with Gasteiger partial charge in [0.15, 0.2) is 5.82 Å². The Balaban J connectivity index is 1.52. The predicted molar refractivity (Wildman–Crippen MR) is 70.4 cm³/mol. The molecule has 0 radical (unpaired) electrons. The summed E-state index contributed by atoms with van der Waals surface area (Å²) in [5.41, 5.74) is 0.867. The highest BCUT2D eigenvalue weighted by molar-refractivity contribution is 5.66. The summed E-state index contributed by atoms with van der Waals surface area (Å²) < 4.78 is 3.57. The van der Waals surface area contributed by atoms with Crippen LogP contribution in [0.5, 0.6) is 0 Å². The number of aliphatic carboxylic acids is 1. The zero-order chi connectivity index (χ0) is 14.7. The zero-order valence-electron chi connectivity index (χ0n) is 11.6. The van der Waals surface area contributed by atoms with Crippen LogP contribution < -0.4 is 0 Å². The minimum Gasteiger partial charge on any atom is -0.481 e. The Morgan fingerprint density at radius 1 is 1.29 bits per heavy atom. The fourth-order valence-corrected chi connectivity index (χ4v) is 2.18. The molecule has 2 heterocycles. The summed E-state index contributed by atoms with van der Waals surface area (Å²) in [6.07, 6.45) is 6.51. The van der Waals surface area contributed by atoms with Crippen LogP contribution in [0, 0.1) is 0 Å². The molecule has 1 saturated carbocycles. The zero-order valence-corrected chi connectivity index (χ0v) is 11.6. The normalized spacial score (nSPS) is 14.5. The van der Waals surface area contributed by atoms with Crippen molar-refractivity contribution in [2.45, 2.75) is 51.1 Å². The number of hydrogen-bond donors (Lipinski definition) is 1. The summed E-state index contributed by atoms with van der Waals surface area (Å²) in [5.74, 6) is 0.0328. The Bertz CT molecular complexity index is 617. The molecule has 1 aliphatic rings. The van der Waals surface area contributed by atoms with Crippen LogP contribution in [0.4, 0.5) is 0 Å². The SMILES string of the molecule is O=C(O)CCCCc1cn(Cc2nnnn2C2CC2)nn1. The lowest BCUT2D eigenvalue weighted by atomic mass is 10.1. The number of unbranched alkanes of at least 4 members (excludes halogenated alkanes) is 1. The number of carboxylic acid groups (broad SMARTS) is 1. The Morgan fingerprint density at radius 3 is 2.90 bits per heavy atom. The lowest BCUT2D eigenvalue weighted by Gasteiger charge is -2.01. The Kier molecular flexibility index (Phi) is 3.89. The summed E-state index contributed by atoms with van der Waals surface area (Å²) in [6.45, 7) is 0.506. The lowest BCUT2D eigenvalue weighted by Crippen LogP contribution is -2.09. The molecule has 0 atom stereocenters.